The van der Waals surface area contributed by atoms with Gasteiger partial charge >= 0.3 is 12.0 Å². The minimum Gasteiger partial charge on any atom is -0.468 e. The molecule has 0 unspecified atom stereocenters. The zero-order chi connectivity index (χ0) is 17.8. The van der Waals surface area contributed by atoms with E-state index in [0.29, 0.717) is 31.7 Å². The third-order valence-corrected chi connectivity index (χ3v) is 4.37. The van der Waals surface area contributed by atoms with Crippen LogP contribution >= 0.6 is 0 Å². The third kappa shape index (κ3) is 3.71. The Kier molecular flexibility index (Phi) is 5.43. The third-order valence-electron chi connectivity index (χ3n) is 4.37. The number of hydrogen-bond acceptors (Lipinski definition) is 5. The lowest BCUT2D eigenvalue weighted by Gasteiger charge is -2.28. The normalized spacial score (nSPS) is 15.0. The van der Waals surface area contributed by atoms with Crippen molar-refractivity contribution in [3.63, 3.8) is 0 Å². The number of imidazole rings is 1. The number of methoxy groups -OCH3 is 1. The fourth-order valence-electron chi connectivity index (χ4n) is 3.00. The molecule has 0 atom stereocenters. The number of amides is 1. The number of anilines is 1. The Hall–Kier alpha value is -2.28. The van der Waals surface area contributed by atoms with E-state index in [4.69, 9.17) is 9.47 Å². The maximum atomic E-state index is 12.7. The molecule has 136 valence electrons. The van der Waals surface area contributed by atoms with E-state index in [2.05, 4.69) is 29.0 Å². The first-order valence-corrected chi connectivity index (χ1v) is 8.78. The summed E-state index contributed by atoms with van der Waals surface area (Å²) in [5.41, 5.74) is 2.54. The summed E-state index contributed by atoms with van der Waals surface area (Å²) in [5.74, 6) is 0.537. The number of carbonyl (C=O) groups excluding carboxylic acids is 1. The number of ether oxygens (including phenoxy) is 2. The molecule has 1 aromatic heterocycles. The van der Waals surface area contributed by atoms with Gasteiger partial charge in [-0.1, -0.05) is 19.9 Å². The Labute approximate surface area is 147 Å². The van der Waals surface area contributed by atoms with Gasteiger partial charge in [0.05, 0.1) is 31.5 Å². The molecule has 3 rings (SSSR count). The van der Waals surface area contributed by atoms with Gasteiger partial charge in [0.25, 0.3) is 0 Å². The Bertz CT molecular complexity index is 735. The van der Waals surface area contributed by atoms with E-state index in [1.165, 1.54) is 11.7 Å². The highest BCUT2D eigenvalue weighted by molar-refractivity contribution is 5.97. The molecule has 0 saturated carbocycles. The minimum absolute atomic E-state index is 0.209. The monoisotopic (exact) mass is 346 g/mol. The molecule has 1 amide bonds. The summed E-state index contributed by atoms with van der Waals surface area (Å²) in [5, 5.41) is 2.95. The van der Waals surface area contributed by atoms with Crippen molar-refractivity contribution >= 4 is 22.8 Å². The van der Waals surface area contributed by atoms with E-state index in [1.807, 2.05) is 18.2 Å². The van der Waals surface area contributed by atoms with Crippen LogP contribution in [0.2, 0.25) is 0 Å². The molecule has 1 aromatic carbocycles. The smallest absolute Gasteiger partial charge is 0.330 e. The van der Waals surface area contributed by atoms with Crippen molar-refractivity contribution in [2.24, 2.45) is 5.92 Å². The topological polar surface area (TPSA) is 68.6 Å². The number of aromatic nitrogens is 2. The van der Waals surface area contributed by atoms with Crippen LogP contribution in [0.25, 0.3) is 11.0 Å². The zero-order valence-electron chi connectivity index (χ0n) is 15.1. The number of carbonyl (C=O) groups is 1. The predicted octanol–water partition coefficient (Wildman–Crippen LogP) is 2.49. The Morgan fingerprint density at radius 2 is 2.12 bits per heavy atom. The van der Waals surface area contributed by atoms with E-state index in [9.17, 15) is 4.79 Å². The lowest BCUT2D eigenvalue weighted by molar-refractivity contribution is 0.123. The highest BCUT2D eigenvalue weighted by Gasteiger charge is 2.22. The van der Waals surface area contributed by atoms with Crippen LogP contribution in [-0.4, -0.2) is 55.5 Å². The lowest BCUT2D eigenvalue weighted by atomic mass is 10.1. The van der Waals surface area contributed by atoms with Crippen LogP contribution in [0.4, 0.5) is 10.5 Å². The molecule has 0 radical (unpaired) electrons. The van der Waals surface area contributed by atoms with Gasteiger partial charge in [0.15, 0.2) is 0 Å². The molecule has 25 heavy (non-hydrogen) atoms. The van der Waals surface area contributed by atoms with Crippen LogP contribution in [0.3, 0.4) is 0 Å². The average Bonchev–Trinajstić information content (AvgIpc) is 3.00. The molecular formula is C18H26N4O3. The molecule has 0 bridgehead atoms. The minimum atomic E-state index is -0.209. The second-order valence-electron chi connectivity index (χ2n) is 6.59. The second-order valence-corrected chi connectivity index (χ2v) is 6.59. The lowest BCUT2D eigenvalue weighted by Crippen LogP contribution is -2.36. The molecule has 0 aliphatic carbocycles. The summed E-state index contributed by atoms with van der Waals surface area (Å²) in [6.45, 7) is 7.92. The van der Waals surface area contributed by atoms with Gasteiger partial charge in [0.1, 0.15) is 5.52 Å². The summed E-state index contributed by atoms with van der Waals surface area (Å²) < 4.78 is 12.3. The Morgan fingerprint density at radius 3 is 2.80 bits per heavy atom. The highest BCUT2D eigenvalue weighted by atomic mass is 16.5. The van der Waals surface area contributed by atoms with Crippen LogP contribution in [0.5, 0.6) is 6.01 Å². The van der Waals surface area contributed by atoms with Crippen LogP contribution in [0, 0.1) is 5.92 Å². The van der Waals surface area contributed by atoms with Crippen molar-refractivity contribution in [3.8, 4) is 6.01 Å². The van der Waals surface area contributed by atoms with Gasteiger partial charge in [0.2, 0.25) is 0 Å². The van der Waals surface area contributed by atoms with Gasteiger partial charge in [-0.25, -0.2) is 9.36 Å². The first-order valence-electron chi connectivity index (χ1n) is 8.78. The number of para-hydroxylation sites is 1. The Balaban J connectivity index is 1.93. The fraction of sp³-hybridized carbons (Fsp3) is 0.556. The molecule has 2 heterocycles. The summed E-state index contributed by atoms with van der Waals surface area (Å²) in [6, 6.07) is 5.97. The van der Waals surface area contributed by atoms with Gasteiger partial charge in [-0.05, 0) is 24.5 Å². The van der Waals surface area contributed by atoms with Gasteiger partial charge in [-0.3, -0.25) is 0 Å². The molecule has 1 aliphatic heterocycles. The van der Waals surface area contributed by atoms with Crippen molar-refractivity contribution in [1.29, 1.82) is 0 Å². The van der Waals surface area contributed by atoms with E-state index in [0.717, 1.165) is 36.2 Å². The van der Waals surface area contributed by atoms with Crippen LogP contribution in [0.1, 0.15) is 20.3 Å². The summed E-state index contributed by atoms with van der Waals surface area (Å²) >= 11 is 0. The fourth-order valence-corrected chi connectivity index (χ4v) is 3.00. The predicted molar refractivity (Wildman–Crippen MR) is 97.6 cm³/mol. The van der Waals surface area contributed by atoms with Crippen molar-refractivity contribution < 1.29 is 14.3 Å². The molecule has 0 spiro atoms. The molecule has 1 N–H and O–H groups in total. The van der Waals surface area contributed by atoms with Gasteiger partial charge in [0, 0.05) is 19.6 Å². The van der Waals surface area contributed by atoms with Gasteiger partial charge in [-0.15, -0.1) is 0 Å². The number of rotatable bonds is 5. The second kappa shape index (κ2) is 7.74. The molecule has 1 saturated heterocycles. The number of hydrogen-bond donors (Lipinski definition) is 1. The van der Waals surface area contributed by atoms with Gasteiger partial charge < -0.3 is 19.7 Å². The number of nitrogens with one attached hydrogen (secondary N) is 1. The van der Waals surface area contributed by atoms with E-state index in [-0.39, 0.29) is 6.03 Å². The van der Waals surface area contributed by atoms with Crippen molar-refractivity contribution in [2.45, 2.75) is 20.3 Å². The van der Waals surface area contributed by atoms with Crippen LogP contribution in [-0.2, 0) is 4.74 Å². The molecule has 1 aliphatic rings. The summed E-state index contributed by atoms with van der Waals surface area (Å²) in [4.78, 5) is 19.5. The first-order chi connectivity index (χ1) is 12.1. The maximum Gasteiger partial charge on any atom is 0.330 e. The Morgan fingerprint density at radius 1 is 1.36 bits per heavy atom. The number of fused-ring (bicyclic) bond motifs is 1. The molecule has 2 aromatic rings. The molecular weight excluding hydrogens is 320 g/mol. The van der Waals surface area contributed by atoms with E-state index < -0.39 is 0 Å². The molecule has 7 nitrogen and oxygen atoms in total. The standard InChI is InChI=1S/C18H26N4O3/c1-13(2)7-8-19-17(23)22-15-6-4-5-14(16(15)20-18(22)24-3)21-9-11-25-12-10-21/h4-6,13H,7-12H2,1-3H3,(H,19,23). The number of morpholine rings is 1. The van der Waals surface area contributed by atoms with E-state index >= 15 is 0 Å². The van der Waals surface area contributed by atoms with Crippen molar-refractivity contribution in [3.05, 3.63) is 18.2 Å². The number of benzene rings is 1. The molecule has 7 heteroatoms. The quantitative estimate of drug-likeness (QED) is 0.901. The van der Waals surface area contributed by atoms with Crippen LogP contribution < -0.4 is 15.0 Å². The zero-order valence-corrected chi connectivity index (χ0v) is 15.1. The first kappa shape index (κ1) is 17.5. The summed E-state index contributed by atoms with van der Waals surface area (Å²) in [7, 11) is 1.54. The van der Waals surface area contributed by atoms with Crippen molar-refractivity contribution in [1.82, 2.24) is 14.9 Å². The van der Waals surface area contributed by atoms with Gasteiger partial charge in [-0.2, -0.15) is 4.98 Å². The van der Waals surface area contributed by atoms with E-state index in [1.54, 1.807) is 0 Å². The SMILES string of the molecule is COc1nc2c(N3CCOCC3)cccc2n1C(=O)NCCC(C)C. The van der Waals surface area contributed by atoms with Crippen molar-refractivity contribution in [2.75, 3.05) is 44.9 Å². The average molecular weight is 346 g/mol. The number of nitrogens with zero attached hydrogens (tertiary/aromatic N) is 3. The molecule has 1 fully saturated rings. The summed E-state index contributed by atoms with van der Waals surface area (Å²) in [6.07, 6.45) is 0.930. The van der Waals surface area contributed by atoms with Crippen LogP contribution in [0.15, 0.2) is 18.2 Å². The maximum absolute atomic E-state index is 12.7. The largest absolute Gasteiger partial charge is 0.468 e. The highest BCUT2D eigenvalue weighted by Crippen LogP contribution is 2.30.